The summed E-state index contributed by atoms with van der Waals surface area (Å²) >= 11 is 0. The predicted molar refractivity (Wildman–Crippen MR) is 105 cm³/mol. The van der Waals surface area contributed by atoms with Gasteiger partial charge in [0.2, 0.25) is 0 Å². The van der Waals surface area contributed by atoms with Gasteiger partial charge >= 0.3 is 67.8 Å². The Labute approximate surface area is 228 Å². The predicted octanol–water partition coefficient (Wildman–Crippen LogP) is 2.08. The molecular weight excluding hydrogens is 578 g/mol. The van der Waals surface area contributed by atoms with Crippen molar-refractivity contribution in [2.24, 2.45) is 5.41 Å². The van der Waals surface area contributed by atoms with E-state index in [1.54, 1.807) is 6.92 Å². The van der Waals surface area contributed by atoms with Crippen molar-refractivity contribution in [1.29, 1.82) is 0 Å². The third-order valence-corrected chi connectivity index (χ3v) is 3.77. The SMILES string of the molecule is CCCCC#CC1([C@@H](C)OS(C)(=O)=O)OCC(C)(C)CO1.[C-]#[O+].[C-]#[O+].[C-]#[O+].[C-]#[O+].[C-]#[O+].[C-]#[O+].[Co].[Co]. The van der Waals surface area contributed by atoms with Gasteiger partial charge in [-0.1, -0.05) is 33.1 Å². The molecule has 0 bridgehead atoms. The van der Waals surface area contributed by atoms with E-state index in [2.05, 4.69) is 58.7 Å². The maximum atomic E-state index is 11.3. The fraction of sp³-hybridized carbons (Fsp3) is 0.619. The standard InChI is InChI=1S/C15H26O5S.6CO.2Co/c1-6-7-8-9-10-15(13(2)20-21(5,16)17)18-11-14(3,4)12-19-15;6*1-2;;/h13H,6-8,11-12H2,1-5H3;;;;;;;;/t13-;;;;;;;;/m1......../s1. The largest absolute Gasteiger partial charge is 0 e. The Morgan fingerprint density at radius 3 is 1.51 bits per heavy atom. The summed E-state index contributed by atoms with van der Waals surface area (Å²) in [6, 6.07) is 0. The van der Waals surface area contributed by atoms with Crippen LogP contribution in [0.2, 0.25) is 0 Å². The molecular formula is C21H26Co2O11S. The molecule has 1 rings (SSSR count). The Balaban J connectivity index is -0.0000000757. The van der Waals surface area contributed by atoms with Gasteiger partial charge in [-0.2, -0.15) is 8.42 Å². The zero-order chi connectivity index (χ0) is 28.1. The second kappa shape index (κ2) is 37.4. The summed E-state index contributed by atoms with van der Waals surface area (Å²) in [4.78, 5) is 0. The van der Waals surface area contributed by atoms with Gasteiger partial charge in [0.25, 0.3) is 15.9 Å². The van der Waals surface area contributed by atoms with Crippen LogP contribution >= 0.6 is 0 Å². The number of hydrogen-bond acceptors (Lipinski definition) is 5. The molecule has 1 aliphatic heterocycles. The van der Waals surface area contributed by atoms with E-state index in [0.717, 1.165) is 25.5 Å². The fourth-order valence-corrected chi connectivity index (χ4v) is 2.52. The maximum absolute atomic E-state index is 11.3. The van der Waals surface area contributed by atoms with E-state index in [4.69, 9.17) is 41.6 Å². The summed E-state index contributed by atoms with van der Waals surface area (Å²) in [6.07, 6.45) is 2.94. The zero-order valence-electron chi connectivity index (χ0n) is 19.7. The van der Waals surface area contributed by atoms with E-state index in [1.807, 2.05) is 13.8 Å². The van der Waals surface area contributed by atoms with Crippen LogP contribution in [0.25, 0.3) is 0 Å². The van der Waals surface area contributed by atoms with Crippen LogP contribution in [0, 0.1) is 57.2 Å². The van der Waals surface area contributed by atoms with Crippen molar-refractivity contribution >= 4 is 10.1 Å². The molecule has 0 aromatic rings. The van der Waals surface area contributed by atoms with Crippen molar-refractivity contribution in [1.82, 2.24) is 0 Å². The normalized spacial score (nSPS) is 13.6. The number of rotatable bonds is 5. The Hall–Kier alpha value is -1.16. The molecule has 200 valence electrons. The first kappa shape index (κ1) is 54.7. The summed E-state index contributed by atoms with van der Waals surface area (Å²) in [5, 5.41) is 0. The molecule has 0 spiro atoms. The van der Waals surface area contributed by atoms with Crippen LogP contribution in [0.5, 0.6) is 0 Å². The van der Waals surface area contributed by atoms with Crippen molar-refractivity contribution in [3.05, 3.63) is 39.9 Å². The van der Waals surface area contributed by atoms with Crippen molar-refractivity contribution in [3.63, 3.8) is 0 Å². The summed E-state index contributed by atoms with van der Waals surface area (Å²) < 4.78 is 84.3. The molecule has 1 heterocycles. The van der Waals surface area contributed by atoms with E-state index < -0.39 is 22.0 Å². The van der Waals surface area contributed by atoms with Crippen molar-refractivity contribution < 1.29 is 83.5 Å². The van der Waals surface area contributed by atoms with Crippen LogP contribution in [0.15, 0.2) is 0 Å². The third kappa shape index (κ3) is 32.8. The second-order valence-corrected chi connectivity index (χ2v) is 7.86. The van der Waals surface area contributed by atoms with Gasteiger partial charge in [-0.25, -0.2) is 0 Å². The fourth-order valence-electron chi connectivity index (χ4n) is 1.87. The molecule has 0 aromatic heterocycles. The molecule has 0 saturated carbocycles. The topological polar surface area (TPSA) is 181 Å². The van der Waals surface area contributed by atoms with E-state index in [-0.39, 0.29) is 39.0 Å². The van der Waals surface area contributed by atoms with Gasteiger partial charge in [0.05, 0.1) is 19.5 Å². The summed E-state index contributed by atoms with van der Waals surface area (Å²) in [7, 11) is -3.60. The van der Waals surface area contributed by atoms with E-state index in [1.165, 1.54) is 0 Å². The van der Waals surface area contributed by atoms with Crippen molar-refractivity contribution in [3.8, 4) is 11.8 Å². The summed E-state index contributed by atoms with van der Waals surface area (Å²) in [5.74, 6) is 4.65. The first-order chi connectivity index (χ1) is 15.6. The molecule has 1 aliphatic rings. The molecule has 35 heavy (non-hydrogen) atoms. The molecule has 0 amide bonds. The van der Waals surface area contributed by atoms with Crippen molar-refractivity contribution in [2.45, 2.75) is 58.8 Å². The molecule has 0 unspecified atom stereocenters. The van der Waals surface area contributed by atoms with Crippen LogP contribution in [-0.4, -0.2) is 39.8 Å². The first-order valence-corrected chi connectivity index (χ1v) is 10.3. The molecule has 2 radical (unpaired) electrons. The van der Waals surface area contributed by atoms with Gasteiger partial charge in [-0.3, -0.25) is 4.18 Å². The van der Waals surface area contributed by atoms with Crippen LogP contribution in [0.4, 0.5) is 0 Å². The van der Waals surface area contributed by atoms with E-state index in [0.29, 0.717) is 13.2 Å². The maximum Gasteiger partial charge on any atom is 0 e. The number of unbranched alkanes of at least 4 members (excludes halogenated alkanes) is 2. The molecule has 11 nitrogen and oxygen atoms in total. The van der Waals surface area contributed by atoms with E-state index >= 15 is 0 Å². The van der Waals surface area contributed by atoms with Gasteiger partial charge in [-0.05, 0) is 19.3 Å². The van der Waals surface area contributed by atoms with Gasteiger partial charge < -0.3 is 9.47 Å². The van der Waals surface area contributed by atoms with E-state index in [9.17, 15) is 8.42 Å². The summed E-state index contributed by atoms with van der Waals surface area (Å²) in [5.41, 5.74) is -0.126. The molecule has 1 fully saturated rings. The molecule has 0 aromatic carbocycles. The number of ether oxygens (including phenoxy) is 2. The molecule has 1 atom stereocenters. The second-order valence-electron chi connectivity index (χ2n) is 6.26. The third-order valence-electron chi connectivity index (χ3n) is 3.13. The minimum atomic E-state index is -3.60. The van der Waals surface area contributed by atoms with Crippen LogP contribution in [0.1, 0.15) is 47.0 Å². The molecule has 14 heteroatoms. The van der Waals surface area contributed by atoms with Crippen LogP contribution in [0.3, 0.4) is 0 Å². The van der Waals surface area contributed by atoms with Gasteiger partial charge in [0, 0.05) is 45.4 Å². The minimum Gasteiger partial charge on any atom is 0 e. The molecule has 1 saturated heterocycles. The van der Waals surface area contributed by atoms with Crippen LogP contribution < -0.4 is 0 Å². The zero-order valence-corrected chi connectivity index (χ0v) is 22.6. The quantitative estimate of drug-likeness (QED) is 0.153. The van der Waals surface area contributed by atoms with Gasteiger partial charge in [0.15, 0.2) is 0 Å². The minimum absolute atomic E-state index is 0. The average Bonchev–Trinajstić information content (AvgIpc) is 2.84. The molecule has 0 aliphatic carbocycles. The van der Waals surface area contributed by atoms with Gasteiger partial charge in [0.1, 0.15) is 6.10 Å². The first-order valence-electron chi connectivity index (χ1n) is 8.49. The Bertz CT molecular complexity index is 699. The average molecular weight is 604 g/mol. The smallest absolute Gasteiger partial charge is 0 e. The Morgan fingerprint density at radius 2 is 1.23 bits per heavy atom. The van der Waals surface area contributed by atoms with Gasteiger partial charge in [-0.15, -0.1) is 0 Å². The van der Waals surface area contributed by atoms with Crippen LogP contribution in [-0.2, 0) is 85.2 Å². The Kier molecular flexibility index (Phi) is 58.4. The monoisotopic (exact) mass is 604 g/mol. The Morgan fingerprint density at radius 1 is 0.886 bits per heavy atom. The number of hydrogen-bond donors (Lipinski definition) is 0. The van der Waals surface area contributed by atoms with Crippen molar-refractivity contribution in [2.75, 3.05) is 19.5 Å². The summed E-state index contributed by atoms with van der Waals surface area (Å²) in [6.45, 7) is 35.6. The molecule has 0 N–H and O–H groups in total.